The Bertz CT molecular complexity index is 2390. The summed E-state index contributed by atoms with van der Waals surface area (Å²) in [4.78, 5) is 28.5. The summed E-state index contributed by atoms with van der Waals surface area (Å²) < 4.78 is 8.88. The van der Waals surface area contributed by atoms with E-state index >= 15 is 0 Å². The third kappa shape index (κ3) is 3.46. The van der Waals surface area contributed by atoms with E-state index in [9.17, 15) is 9.59 Å². The lowest BCUT2D eigenvalue weighted by Gasteiger charge is -2.08. The van der Waals surface area contributed by atoms with Crippen molar-refractivity contribution in [3.8, 4) is 22.8 Å². The summed E-state index contributed by atoms with van der Waals surface area (Å²) in [5, 5.41) is 12.0. The van der Waals surface area contributed by atoms with Crippen LogP contribution in [0.2, 0.25) is 0 Å². The maximum atomic E-state index is 14.4. The molecule has 194 valence electrons. The highest BCUT2D eigenvalue weighted by Crippen LogP contribution is 2.36. The van der Waals surface area contributed by atoms with Gasteiger partial charge in [0.1, 0.15) is 0 Å². The number of nitrogens with zero attached hydrogens (tertiary/aromatic N) is 4. The van der Waals surface area contributed by atoms with Gasteiger partial charge in [-0.1, -0.05) is 54.6 Å². The molecule has 0 aliphatic rings. The van der Waals surface area contributed by atoms with Crippen LogP contribution in [0.4, 0.5) is 0 Å². The molecule has 0 N–H and O–H groups in total. The van der Waals surface area contributed by atoms with Crippen molar-refractivity contribution < 1.29 is 4.42 Å². The Balaban J connectivity index is 1.62. The van der Waals surface area contributed by atoms with Gasteiger partial charge in [0.05, 0.1) is 22.1 Å². The summed E-state index contributed by atoms with van der Waals surface area (Å²) in [6.45, 7) is 0. The van der Waals surface area contributed by atoms with E-state index in [0.29, 0.717) is 38.7 Å². The highest BCUT2D eigenvalue weighted by atomic mass is 16.4. The van der Waals surface area contributed by atoms with Crippen molar-refractivity contribution in [2.45, 2.75) is 0 Å². The third-order valence-electron chi connectivity index (χ3n) is 7.62. The van der Waals surface area contributed by atoms with Crippen LogP contribution in [0.3, 0.4) is 0 Å². The number of fused-ring (bicyclic) bond motifs is 6. The standard InChI is InChI=1S/C34H20N4O3/c39-33-25-16-15-21(32-36-35-20-41-32)17-26(25)27-18-28-24-13-7-8-14-30(24)37(22-9-3-1-4-10-22)31(28)19-29(27)34(40)38(33)23-11-5-2-6-12-23/h1-20H. The van der Waals surface area contributed by atoms with E-state index < -0.39 is 11.1 Å². The topological polar surface area (TPSA) is 82.9 Å². The van der Waals surface area contributed by atoms with Crippen LogP contribution in [-0.2, 0) is 0 Å². The Morgan fingerprint density at radius 1 is 0.512 bits per heavy atom. The molecule has 8 rings (SSSR count). The normalized spacial score (nSPS) is 11.6. The van der Waals surface area contributed by atoms with Gasteiger partial charge in [0, 0.05) is 27.4 Å². The first-order valence-electron chi connectivity index (χ1n) is 13.2. The molecule has 7 nitrogen and oxygen atoms in total. The number of aromatic nitrogens is 4. The summed E-state index contributed by atoms with van der Waals surface area (Å²) in [7, 11) is 0. The van der Waals surface area contributed by atoms with E-state index in [1.807, 2.05) is 78.9 Å². The lowest BCUT2D eigenvalue weighted by atomic mass is 10.0. The molecule has 8 aromatic rings. The second kappa shape index (κ2) is 8.86. The van der Waals surface area contributed by atoms with Crippen molar-refractivity contribution in [2.24, 2.45) is 0 Å². The quantitative estimate of drug-likeness (QED) is 0.254. The fourth-order valence-corrected chi connectivity index (χ4v) is 5.80. The fourth-order valence-electron chi connectivity index (χ4n) is 5.80. The van der Waals surface area contributed by atoms with Crippen LogP contribution in [0.15, 0.2) is 136 Å². The van der Waals surface area contributed by atoms with Crippen LogP contribution < -0.4 is 11.1 Å². The molecule has 7 heteroatoms. The minimum atomic E-state index is -0.398. The summed E-state index contributed by atoms with van der Waals surface area (Å²) in [5.41, 5.74) is 3.26. The molecule has 0 atom stereocenters. The predicted molar refractivity (Wildman–Crippen MR) is 161 cm³/mol. The third-order valence-corrected chi connectivity index (χ3v) is 7.62. The van der Waals surface area contributed by atoms with E-state index in [-0.39, 0.29) is 0 Å². The Morgan fingerprint density at radius 3 is 1.90 bits per heavy atom. The van der Waals surface area contributed by atoms with Crippen LogP contribution in [0, 0.1) is 0 Å². The zero-order valence-electron chi connectivity index (χ0n) is 21.6. The molecule has 0 saturated carbocycles. The lowest BCUT2D eigenvalue weighted by molar-refractivity contribution is 0.569. The number of hydrogen-bond donors (Lipinski definition) is 0. The maximum Gasteiger partial charge on any atom is 0.266 e. The van der Waals surface area contributed by atoms with Gasteiger partial charge in [-0.05, 0) is 71.4 Å². The second-order valence-corrected chi connectivity index (χ2v) is 9.89. The number of para-hydroxylation sites is 3. The smallest absolute Gasteiger partial charge is 0.266 e. The molecular formula is C34H20N4O3. The van der Waals surface area contributed by atoms with Crippen LogP contribution in [0.5, 0.6) is 0 Å². The molecule has 0 amide bonds. The predicted octanol–water partition coefficient (Wildman–Crippen LogP) is 6.65. The monoisotopic (exact) mass is 532 g/mol. The Kier molecular flexibility index (Phi) is 4.99. The van der Waals surface area contributed by atoms with E-state index in [2.05, 4.69) is 26.9 Å². The zero-order valence-corrected chi connectivity index (χ0v) is 21.6. The molecule has 0 spiro atoms. The molecule has 0 saturated heterocycles. The largest absolute Gasteiger partial charge is 0.423 e. The van der Waals surface area contributed by atoms with Gasteiger partial charge in [0.25, 0.3) is 11.1 Å². The Labute approximate surface area is 232 Å². The highest BCUT2D eigenvalue weighted by molar-refractivity contribution is 6.17. The van der Waals surface area contributed by atoms with Gasteiger partial charge in [-0.25, -0.2) is 4.57 Å². The molecule has 0 aliphatic heterocycles. The van der Waals surface area contributed by atoms with Gasteiger partial charge in [0.15, 0.2) is 0 Å². The van der Waals surface area contributed by atoms with Crippen molar-refractivity contribution in [3.63, 3.8) is 0 Å². The van der Waals surface area contributed by atoms with Crippen LogP contribution in [0.1, 0.15) is 0 Å². The number of hydrogen-bond acceptors (Lipinski definition) is 5. The number of benzene rings is 5. The Hall–Kier alpha value is -5.82. The fraction of sp³-hybridized carbons (Fsp3) is 0. The summed E-state index contributed by atoms with van der Waals surface area (Å²) >= 11 is 0. The van der Waals surface area contributed by atoms with Gasteiger partial charge in [-0.2, -0.15) is 0 Å². The van der Waals surface area contributed by atoms with E-state index in [0.717, 1.165) is 27.5 Å². The molecule has 0 unspecified atom stereocenters. The zero-order chi connectivity index (χ0) is 27.5. The molecule has 0 radical (unpaired) electrons. The average Bonchev–Trinajstić information content (AvgIpc) is 3.66. The van der Waals surface area contributed by atoms with E-state index in [1.54, 1.807) is 24.3 Å². The molecule has 3 heterocycles. The molecular weight excluding hydrogens is 512 g/mol. The van der Waals surface area contributed by atoms with Crippen molar-refractivity contribution >= 4 is 43.4 Å². The van der Waals surface area contributed by atoms with Gasteiger partial charge in [-0.3, -0.25) is 9.59 Å². The van der Waals surface area contributed by atoms with E-state index in [4.69, 9.17) is 4.42 Å². The van der Waals surface area contributed by atoms with E-state index in [1.165, 1.54) is 11.0 Å². The molecule has 3 aromatic heterocycles. The van der Waals surface area contributed by atoms with Crippen LogP contribution in [-0.4, -0.2) is 19.3 Å². The number of rotatable bonds is 3. The molecule has 0 fully saturated rings. The SMILES string of the molecule is O=c1c2ccc(-c3nnco3)cc2c2cc3c4ccccc4n(-c4ccccc4)c3cc2c(=O)n1-c1ccccc1. The van der Waals surface area contributed by atoms with Crippen LogP contribution in [0.25, 0.3) is 66.2 Å². The van der Waals surface area contributed by atoms with Crippen molar-refractivity contribution in [2.75, 3.05) is 0 Å². The van der Waals surface area contributed by atoms with Crippen LogP contribution >= 0.6 is 0 Å². The van der Waals surface area contributed by atoms with Crippen molar-refractivity contribution in [3.05, 3.63) is 142 Å². The maximum absolute atomic E-state index is 14.4. The van der Waals surface area contributed by atoms with Gasteiger partial charge in [0.2, 0.25) is 12.3 Å². The summed E-state index contributed by atoms with van der Waals surface area (Å²) in [5.74, 6) is 0.332. The lowest BCUT2D eigenvalue weighted by Crippen LogP contribution is -2.28. The Morgan fingerprint density at radius 2 is 1.17 bits per heavy atom. The minimum absolute atomic E-state index is 0.332. The average molecular weight is 533 g/mol. The van der Waals surface area contributed by atoms with Gasteiger partial charge in [-0.15, -0.1) is 10.2 Å². The molecule has 41 heavy (non-hydrogen) atoms. The second-order valence-electron chi connectivity index (χ2n) is 9.89. The molecule has 0 aliphatic carbocycles. The highest BCUT2D eigenvalue weighted by Gasteiger charge is 2.19. The first kappa shape index (κ1) is 23.1. The summed E-state index contributed by atoms with van der Waals surface area (Å²) in [6, 6.07) is 36.6. The van der Waals surface area contributed by atoms with Gasteiger partial charge < -0.3 is 8.98 Å². The summed E-state index contributed by atoms with van der Waals surface area (Å²) in [6.07, 6.45) is 1.27. The first-order valence-corrected chi connectivity index (χ1v) is 13.2. The first-order chi connectivity index (χ1) is 20.2. The molecule has 5 aromatic carbocycles. The minimum Gasteiger partial charge on any atom is -0.423 e. The van der Waals surface area contributed by atoms with Crippen molar-refractivity contribution in [1.82, 2.24) is 19.3 Å². The van der Waals surface area contributed by atoms with Crippen molar-refractivity contribution in [1.29, 1.82) is 0 Å². The molecule has 0 bridgehead atoms. The van der Waals surface area contributed by atoms with Gasteiger partial charge >= 0.3 is 0 Å².